The topological polar surface area (TPSA) is 101 Å². The minimum atomic E-state index is -1.33. The number of amides is 2. The molecular formula is C23H16ClFN6O2. The molecule has 1 atom stereocenters. The zero-order chi connectivity index (χ0) is 23.1. The number of para-hydroxylation sites is 1. The number of aliphatic imine (C=N–C) groups is 1. The second-order valence-electron chi connectivity index (χ2n) is 7.34. The van der Waals surface area contributed by atoms with E-state index in [4.69, 9.17) is 11.6 Å². The number of fused-ring (bicyclic) bond motifs is 2. The van der Waals surface area contributed by atoms with Crippen molar-refractivity contribution in [3.05, 3.63) is 94.1 Å². The Balaban J connectivity index is 1.58. The van der Waals surface area contributed by atoms with Gasteiger partial charge in [-0.1, -0.05) is 54.1 Å². The molecule has 8 nitrogen and oxygen atoms in total. The molecule has 164 valence electrons. The molecule has 1 aliphatic heterocycles. The van der Waals surface area contributed by atoms with Gasteiger partial charge in [-0.3, -0.25) is 9.59 Å². The van der Waals surface area contributed by atoms with Crippen LogP contribution in [0.15, 0.2) is 65.7 Å². The summed E-state index contributed by atoms with van der Waals surface area (Å²) in [4.78, 5) is 35.0. The van der Waals surface area contributed by atoms with Crippen molar-refractivity contribution in [3.63, 3.8) is 0 Å². The molecule has 0 fully saturated rings. The van der Waals surface area contributed by atoms with Crippen molar-refractivity contribution in [1.82, 2.24) is 19.9 Å². The maximum absolute atomic E-state index is 14.6. The number of rotatable bonds is 3. The maximum Gasteiger partial charge on any atom is 0.273 e. The van der Waals surface area contributed by atoms with Crippen molar-refractivity contribution < 1.29 is 14.0 Å². The largest absolute Gasteiger partial charge is 0.321 e. The third-order valence-corrected chi connectivity index (χ3v) is 5.37. The van der Waals surface area contributed by atoms with Crippen LogP contribution in [0.2, 0.25) is 5.15 Å². The van der Waals surface area contributed by atoms with Crippen LogP contribution in [0.1, 0.15) is 27.3 Å². The molecule has 0 radical (unpaired) electrons. The van der Waals surface area contributed by atoms with Gasteiger partial charge in [-0.15, -0.1) is 0 Å². The zero-order valence-corrected chi connectivity index (χ0v) is 18.0. The van der Waals surface area contributed by atoms with E-state index in [2.05, 4.69) is 25.7 Å². The number of anilines is 1. The minimum Gasteiger partial charge on any atom is -0.321 e. The van der Waals surface area contributed by atoms with Gasteiger partial charge in [0.05, 0.1) is 17.1 Å². The fourth-order valence-electron chi connectivity index (χ4n) is 3.70. The molecule has 5 rings (SSSR count). The van der Waals surface area contributed by atoms with Crippen molar-refractivity contribution in [1.29, 1.82) is 0 Å². The molecular weight excluding hydrogens is 447 g/mol. The van der Waals surface area contributed by atoms with Gasteiger partial charge in [0.25, 0.3) is 11.8 Å². The van der Waals surface area contributed by atoms with Crippen molar-refractivity contribution in [2.45, 2.75) is 13.1 Å². The molecule has 1 aliphatic rings. The number of imidazole rings is 1. The highest BCUT2D eigenvalue weighted by molar-refractivity contribution is 6.29. The van der Waals surface area contributed by atoms with Gasteiger partial charge in [0.2, 0.25) is 6.17 Å². The predicted octanol–water partition coefficient (Wildman–Crippen LogP) is 3.38. The monoisotopic (exact) mass is 462 g/mol. The maximum atomic E-state index is 14.6. The van der Waals surface area contributed by atoms with Gasteiger partial charge in [0.1, 0.15) is 11.0 Å². The van der Waals surface area contributed by atoms with Gasteiger partial charge in [0, 0.05) is 11.1 Å². The number of nitrogens with zero attached hydrogens (tertiary/aromatic N) is 4. The van der Waals surface area contributed by atoms with Crippen molar-refractivity contribution in [2.75, 3.05) is 5.32 Å². The number of hydrogen-bond donors (Lipinski definition) is 2. The normalized spacial score (nSPS) is 15.4. The first kappa shape index (κ1) is 20.8. The molecule has 2 aromatic heterocycles. The summed E-state index contributed by atoms with van der Waals surface area (Å²) in [7, 11) is 0. The molecule has 0 spiro atoms. The van der Waals surface area contributed by atoms with Crippen molar-refractivity contribution >= 4 is 40.5 Å². The molecule has 2 amide bonds. The van der Waals surface area contributed by atoms with Crippen LogP contribution in [0.25, 0.3) is 5.65 Å². The van der Waals surface area contributed by atoms with Crippen LogP contribution in [-0.4, -0.2) is 38.3 Å². The Labute approximate surface area is 192 Å². The lowest BCUT2D eigenvalue weighted by atomic mass is 10.0. The first-order valence-electron chi connectivity index (χ1n) is 9.98. The Morgan fingerprint density at radius 3 is 2.70 bits per heavy atom. The minimum absolute atomic E-state index is 0.00119. The number of carbonyl (C=O) groups is 2. The third-order valence-electron chi connectivity index (χ3n) is 5.17. The molecule has 0 unspecified atom stereocenters. The first-order chi connectivity index (χ1) is 15.9. The second kappa shape index (κ2) is 8.10. The quantitative estimate of drug-likeness (QED) is 0.487. The average molecular weight is 463 g/mol. The molecule has 0 aliphatic carbocycles. The summed E-state index contributed by atoms with van der Waals surface area (Å²) in [5.41, 5.74) is 2.38. The van der Waals surface area contributed by atoms with E-state index in [1.807, 2.05) is 18.2 Å². The van der Waals surface area contributed by atoms with Crippen LogP contribution >= 0.6 is 11.6 Å². The Hall–Kier alpha value is -4.11. The Kier molecular flexibility index (Phi) is 5.10. The van der Waals surface area contributed by atoms with Gasteiger partial charge < -0.3 is 10.6 Å². The summed E-state index contributed by atoms with van der Waals surface area (Å²) in [5.74, 6) is -1.91. The number of benzene rings is 2. The SMILES string of the molecule is Cc1nc2ccc(Cl)nn2c1C(=O)N[C@H]1N=C(c2ccccc2)c2cccc(F)c2NC1=O. The lowest BCUT2D eigenvalue weighted by Gasteiger charge is -2.13. The third kappa shape index (κ3) is 3.72. The van der Waals surface area contributed by atoms with Crippen molar-refractivity contribution in [2.24, 2.45) is 4.99 Å². The van der Waals surface area contributed by atoms with E-state index in [-0.39, 0.29) is 16.5 Å². The first-order valence-corrected chi connectivity index (χ1v) is 10.4. The molecule has 4 aromatic rings. The summed E-state index contributed by atoms with van der Waals surface area (Å²) in [6, 6.07) is 16.7. The summed E-state index contributed by atoms with van der Waals surface area (Å²) in [5, 5.41) is 9.47. The Morgan fingerprint density at radius 1 is 1.12 bits per heavy atom. The second-order valence-corrected chi connectivity index (χ2v) is 7.73. The van der Waals surface area contributed by atoms with Crippen LogP contribution in [0, 0.1) is 12.7 Å². The molecule has 2 N–H and O–H groups in total. The van der Waals surface area contributed by atoms with E-state index in [0.29, 0.717) is 28.2 Å². The summed E-state index contributed by atoms with van der Waals surface area (Å²) < 4.78 is 15.9. The van der Waals surface area contributed by atoms with Gasteiger partial charge in [-0.2, -0.15) is 5.10 Å². The van der Waals surface area contributed by atoms with Crippen LogP contribution in [0.4, 0.5) is 10.1 Å². The molecule has 0 saturated heterocycles. The Bertz CT molecular complexity index is 1450. The summed E-state index contributed by atoms with van der Waals surface area (Å²) in [6.45, 7) is 1.65. The number of aryl methyl sites for hydroxylation is 1. The predicted molar refractivity (Wildman–Crippen MR) is 121 cm³/mol. The van der Waals surface area contributed by atoms with Crippen LogP contribution in [-0.2, 0) is 4.79 Å². The van der Waals surface area contributed by atoms with E-state index in [1.54, 1.807) is 37.3 Å². The van der Waals surface area contributed by atoms with Crippen LogP contribution in [0.3, 0.4) is 0 Å². The lowest BCUT2D eigenvalue weighted by molar-refractivity contribution is -0.117. The summed E-state index contributed by atoms with van der Waals surface area (Å²) >= 11 is 5.98. The standard InChI is InChI=1S/C23H16ClFN6O2/c1-12-20(31-17(26-12)11-10-16(24)30-31)22(32)29-21-23(33)28-19-14(8-5-9-15(19)25)18(27-21)13-6-3-2-4-7-13/h2-11,21H,1H3,(H,28,33)(H,29,32)/t21-/m1/s1. The number of carbonyl (C=O) groups excluding carboxylic acids is 2. The number of aromatic nitrogens is 3. The van der Waals surface area contributed by atoms with Crippen molar-refractivity contribution in [3.8, 4) is 0 Å². The smallest absolute Gasteiger partial charge is 0.273 e. The molecule has 0 bridgehead atoms. The van der Waals surface area contributed by atoms with E-state index in [0.717, 1.165) is 0 Å². The fourth-order valence-corrected chi connectivity index (χ4v) is 3.83. The molecule has 33 heavy (non-hydrogen) atoms. The van der Waals surface area contributed by atoms with Gasteiger partial charge in [-0.25, -0.2) is 18.9 Å². The molecule has 0 saturated carbocycles. The highest BCUT2D eigenvalue weighted by Crippen LogP contribution is 2.26. The number of hydrogen-bond acceptors (Lipinski definition) is 5. The lowest BCUT2D eigenvalue weighted by Crippen LogP contribution is -2.43. The van der Waals surface area contributed by atoms with Crippen LogP contribution < -0.4 is 10.6 Å². The highest BCUT2D eigenvalue weighted by Gasteiger charge is 2.30. The Morgan fingerprint density at radius 2 is 1.91 bits per heavy atom. The highest BCUT2D eigenvalue weighted by atomic mass is 35.5. The number of halogens is 2. The number of nitrogens with one attached hydrogen (secondary N) is 2. The van der Waals surface area contributed by atoms with Crippen LogP contribution in [0.5, 0.6) is 0 Å². The van der Waals surface area contributed by atoms with E-state index >= 15 is 0 Å². The molecule has 10 heteroatoms. The molecule has 3 heterocycles. The van der Waals surface area contributed by atoms with E-state index < -0.39 is 23.8 Å². The fraction of sp³-hybridized carbons (Fsp3) is 0.0870. The number of benzodiazepines with no additional fused rings is 1. The molecule has 2 aromatic carbocycles. The van der Waals surface area contributed by atoms with E-state index in [1.165, 1.54) is 16.6 Å². The van der Waals surface area contributed by atoms with Gasteiger partial charge in [0.15, 0.2) is 11.3 Å². The van der Waals surface area contributed by atoms with Gasteiger partial charge >= 0.3 is 0 Å². The van der Waals surface area contributed by atoms with E-state index in [9.17, 15) is 14.0 Å². The summed E-state index contributed by atoms with van der Waals surface area (Å²) in [6.07, 6.45) is -1.33. The average Bonchev–Trinajstić information content (AvgIpc) is 3.05. The van der Waals surface area contributed by atoms with Gasteiger partial charge in [-0.05, 0) is 25.1 Å². The zero-order valence-electron chi connectivity index (χ0n) is 17.2.